The van der Waals surface area contributed by atoms with Crippen LogP contribution in [-0.4, -0.2) is 0 Å². The highest BCUT2D eigenvalue weighted by molar-refractivity contribution is 7.16. The molecule has 84 valence electrons. The summed E-state index contributed by atoms with van der Waals surface area (Å²) >= 11 is 19.3. The van der Waals surface area contributed by atoms with Crippen molar-refractivity contribution in [2.45, 2.75) is 5.38 Å². The first-order chi connectivity index (χ1) is 7.59. The van der Waals surface area contributed by atoms with Gasteiger partial charge in [-0.3, -0.25) is 0 Å². The maximum atomic E-state index is 13.2. The Labute approximate surface area is 112 Å². The van der Waals surface area contributed by atoms with Gasteiger partial charge < -0.3 is 0 Å². The van der Waals surface area contributed by atoms with Gasteiger partial charge in [-0.1, -0.05) is 35.3 Å². The summed E-state index contributed by atoms with van der Waals surface area (Å²) < 4.78 is 13.9. The summed E-state index contributed by atoms with van der Waals surface area (Å²) in [6.07, 6.45) is 0. The topological polar surface area (TPSA) is 0 Å². The predicted molar refractivity (Wildman–Crippen MR) is 68.4 cm³/mol. The van der Waals surface area contributed by atoms with Crippen molar-refractivity contribution in [3.63, 3.8) is 0 Å². The van der Waals surface area contributed by atoms with Crippen LogP contribution in [0.25, 0.3) is 0 Å². The summed E-state index contributed by atoms with van der Waals surface area (Å²) in [6, 6.07) is 8.16. The summed E-state index contributed by atoms with van der Waals surface area (Å²) in [7, 11) is 0. The van der Waals surface area contributed by atoms with Gasteiger partial charge in [-0.25, -0.2) is 4.39 Å². The van der Waals surface area contributed by atoms with Crippen molar-refractivity contribution < 1.29 is 4.39 Å². The normalized spacial score (nSPS) is 12.8. The van der Waals surface area contributed by atoms with Crippen LogP contribution in [0.4, 0.5) is 4.39 Å². The second-order valence-corrected chi connectivity index (χ2v) is 5.71. The minimum absolute atomic E-state index is 0.0621. The lowest BCUT2D eigenvalue weighted by Crippen LogP contribution is -1.93. The first-order valence-corrected chi connectivity index (χ1v) is 6.43. The molecule has 0 N–H and O–H groups in total. The lowest BCUT2D eigenvalue weighted by Gasteiger charge is -2.09. The fourth-order valence-electron chi connectivity index (χ4n) is 1.33. The number of hydrogen-bond acceptors (Lipinski definition) is 1. The molecule has 2 aromatic rings. The molecule has 1 aromatic carbocycles. The van der Waals surface area contributed by atoms with Crippen molar-refractivity contribution in [1.82, 2.24) is 0 Å². The SMILES string of the molecule is Fc1cccc(C(Cl)c2ccc(Cl)s2)c1Cl. The minimum atomic E-state index is -0.472. The fourth-order valence-corrected chi connectivity index (χ4v) is 3.07. The van der Waals surface area contributed by atoms with E-state index in [1.165, 1.54) is 17.4 Å². The van der Waals surface area contributed by atoms with Gasteiger partial charge in [0.1, 0.15) is 5.82 Å². The number of thiophene rings is 1. The van der Waals surface area contributed by atoms with Crippen LogP contribution in [0.1, 0.15) is 15.8 Å². The first-order valence-electron chi connectivity index (χ1n) is 4.43. The second kappa shape index (κ2) is 4.92. The van der Waals surface area contributed by atoms with Gasteiger partial charge in [0.15, 0.2) is 0 Å². The van der Waals surface area contributed by atoms with Crippen LogP contribution >= 0.6 is 46.1 Å². The van der Waals surface area contributed by atoms with Crippen molar-refractivity contribution in [3.05, 3.63) is 55.9 Å². The maximum absolute atomic E-state index is 13.2. The van der Waals surface area contributed by atoms with Gasteiger partial charge in [-0.15, -0.1) is 22.9 Å². The van der Waals surface area contributed by atoms with E-state index in [4.69, 9.17) is 34.8 Å². The van der Waals surface area contributed by atoms with E-state index in [2.05, 4.69) is 0 Å². The summed E-state index contributed by atoms with van der Waals surface area (Å²) in [5.41, 5.74) is 0.557. The van der Waals surface area contributed by atoms with Crippen molar-refractivity contribution in [3.8, 4) is 0 Å². The van der Waals surface area contributed by atoms with Crippen molar-refractivity contribution in [1.29, 1.82) is 0 Å². The molecule has 0 amide bonds. The zero-order valence-electron chi connectivity index (χ0n) is 7.88. The third-order valence-corrected chi connectivity index (χ3v) is 4.39. The summed E-state index contributed by atoms with van der Waals surface area (Å²) in [5, 5.41) is -0.410. The lowest BCUT2D eigenvalue weighted by molar-refractivity contribution is 0.626. The second-order valence-electron chi connectivity index (χ2n) is 3.15. The van der Waals surface area contributed by atoms with Crippen molar-refractivity contribution in [2.75, 3.05) is 0 Å². The maximum Gasteiger partial charge on any atom is 0.142 e. The number of alkyl halides is 1. The number of rotatable bonds is 2. The highest BCUT2D eigenvalue weighted by atomic mass is 35.5. The van der Waals surface area contributed by atoms with E-state index in [9.17, 15) is 4.39 Å². The van der Waals surface area contributed by atoms with Crippen LogP contribution in [0.5, 0.6) is 0 Å². The Kier molecular flexibility index (Phi) is 3.75. The van der Waals surface area contributed by atoms with Crippen molar-refractivity contribution >= 4 is 46.1 Å². The van der Waals surface area contributed by atoms with Gasteiger partial charge in [0.25, 0.3) is 0 Å². The summed E-state index contributed by atoms with van der Waals surface area (Å²) in [5.74, 6) is -0.465. The van der Waals surface area contributed by atoms with Gasteiger partial charge in [0.05, 0.1) is 14.7 Å². The molecule has 0 bridgehead atoms. The van der Waals surface area contributed by atoms with Crippen LogP contribution in [0.2, 0.25) is 9.36 Å². The van der Waals surface area contributed by atoms with Crippen LogP contribution in [0, 0.1) is 5.82 Å². The standard InChI is InChI=1S/C11H6Cl3FS/c12-9-5-4-8(16-9)11(14)6-2-1-3-7(15)10(6)13/h1-5,11H. The molecule has 2 rings (SSSR count). The molecule has 0 saturated heterocycles. The Bertz CT molecular complexity index is 510. The Morgan fingerprint density at radius 3 is 2.50 bits per heavy atom. The third kappa shape index (κ3) is 2.35. The molecule has 1 unspecified atom stereocenters. The van der Waals surface area contributed by atoms with E-state index in [-0.39, 0.29) is 5.02 Å². The van der Waals surface area contributed by atoms with Gasteiger partial charge in [-0.05, 0) is 23.8 Å². The molecule has 0 aliphatic carbocycles. The molecule has 1 aromatic heterocycles. The van der Waals surface area contributed by atoms with E-state index in [0.717, 1.165) is 4.88 Å². The van der Waals surface area contributed by atoms with Crippen LogP contribution < -0.4 is 0 Å². The monoisotopic (exact) mass is 294 g/mol. The number of hydrogen-bond donors (Lipinski definition) is 0. The van der Waals surface area contributed by atoms with E-state index in [0.29, 0.717) is 9.90 Å². The largest absolute Gasteiger partial charge is 0.205 e. The molecule has 0 aliphatic rings. The molecular weight excluding hydrogens is 290 g/mol. The van der Waals surface area contributed by atoms with E-state index in [1.807, 2.05) is 6.07 Å². The summed E-state index contributed by atoms with van der Waals surface area (Å²) in [6.45, 7) is 0. The van der Waals surface area contributed by atoms with E-state index < -0.39 is 11.2 Å². The average Bonchev–Trinajstić information content (AvgIpc) is 2.68. The van der Waals surface area contributed by atoms with E-state index >= 15 is 0 Å². The average molecular weight is 296 g/mol. The number of benzene rings is 1. The van der Waals surface area contributed by atoms with Crippen LogP contribution in [-0.2, 0) is 0 Å². The highest BCUT2D eigenvalue weighted by Crippen LogP contribution is 2.38. The molecule has 0 saturated carbocycles. The summed E-state index contributed by atoms with van der Waals surface area (Å²) in [4.78, 5) is 0.846. The smallest absolute Gasteiger partial charge is 0.142 e. The third-order valence-electron chi connectivity index (χ3n) is 2.10. The minimum Gasteiger partial charge on any atom is -0.205 e. The van der Waals surface area contributed by atoms with E-state index in [1.54, 1.807) is 18.2 Å². The Morgan fingerprint density at radius 1 is 1.12 bits per heavy atom. The van der Waals surface area contributed by atoms with Gasteiger partial charge in [0, 0.05) is 4.88 Å². The molecular formula is C11H6Cl3FS. The van der Waals surface area contributed by atoms with Crippen LogP contribution in [0.15, 0.2) is 30.3 Å². The lowest BCUT2D eigenvalue weighted by atomic mass is 10.1. The first kappa shape index (κ1) is 12.2. The molecule has 5 heteroatoms. The van der Waals surface area contributed by atoms with Crippen LogP contribution in [0.3, 0.4) is 0 Å². The Hall–Kier alpha value is -0.280. The zero-order chi connectivity index (χ0) is 11.7. The Morgan fingerprint density at radius 2 is 1.88 bits per heavy atom. The molecule has 16 heavy (non-hydrogen) atoms. The molecule has 0 nitrogen and oxygen atoms in total. The van der Waals surface area contributed by atoms with Gasteiger partial charge in [-0.2, -0.15) is 0 Å². The van der Waals surface area contributed by atoms with Gasteiger partial charge >= 0.3 is 0 Å². The highest BCUT2D eigenvalue weighted by Gasteiger charge is 2.17. The molecule has 1 heterocycles. The predicted octanol–water partition coefficient (Wildman–Crippen LogP) is 5.52. The van der Waals surface area contributed by atoms with Gasteiger partial charge in [0.2, 0.25) is 0 Å². The Balaban J connectivity index is 2.41. The molecule has 1 atom stereocenters. The molecule has 0 radical (unpaired) electrons. The molecule has 0 spiro atoms. The quantitative estimate of drug-likeness (QED) is 0.640. The number of halogens is 4. The molecule has 0 fully saturated rings. The fraction of sp³-hybridized carbons (Fsp3) is 0.0909. The zero-order valence-corrected chi connectivity index (χ0v) is 11.0. The molecule has 0 aliphatic heterocycles. The van der Waals surface area contributed by atoms with Crippen molar-refractivity contribution in [2.24, 2.45) is 0 Å².